The Hall–Kier alpha value is -3.41. The molecule has 6 rings (SSSR count). The number of benzene rings is 3. The summed E-state index contributed by atoms with van der Waals surface area (Å²) in [4.78, 5) is 3.60. The first-order valence-corrected chi connectivity index (χ1v) is 12.5. The molecule has 0 aliphatic carbocycles. The number of aliphatic hydroxyl groups is 1. The third-order valence-corrected chi connectivity index (χ3v) is 8.07. The molecule has 2 aliphatic rings. The second kappa shape index (κ2) is 8.30. The van der Waals surface area contributed by atoms with Crippen molar-refractivity contribution in [2.45, 2.75) is 37.1 Å². The van der Waals surface area contributed by atoms with Gasteiger partial charge in [-0.25, -0.2) is 4.85 Å². The van der Waals surface area contributed by atoms with Crippen LogP contribution in [-0.4, -0.2) is 32.6 Å². The maximum Gasteiger partial charge on any atom is 0.205 e. The van der Waals surface area contributed by atoms with Gasteiger partial charge in [-0.05, 0) is 42.0 Å². The van der Waals surface area contributed by atoms with Crippen LogP contribution < -0.4 is 4.74 Å². The maximum atomic E-state index is 11.6. The van der Waals surface area contributed by atoms with Crippen LogP contribution in [0.2, 0.25) is 10.0 Å². The van der Waals surface area contributed by atoms with Gasteiger partial charge in [-0.1, -0.05) is 53.5 Å². The molecule has 0 radical (unpaired) electrons. The number of fused-ring (bicyclic) bond motifs is 6. The lowest BCUT2D eigenvalue weighted by Gasteiger charge is -2.26. The van der Waals surface area contributed by atoms with Crippen molar-refractivity contribution in [3.8, 4) is 23.2 Å². The highest BCUT2D eigenvalue weighted by atomic mass is 35.5. The molecule has 0 amide bonds. The lowest BCUT2D eigenvalue weighted by Crippen LogP contribution is -2.33. The Balaban J connectivity index is 1.44. The molecule has 3 atom stereocenters. The molecular formula is C28H22Cl2N2O5. The number of aromatic nitrogens is 1. The Morgan fingerprint density at radius 2 is 1.81 bits per heavy atom. The van der Waals surface area contributed by atoms with Crippen molar-refractivity contribution in [2.75, 3.05) is 6.61 Å². The Morgan fingerprint density at radius 1 is 1.08 bits per heavy atom. The van der Waals surface area contributed by atoms with Gasteiger partial charge in [0.2, 0.25) is 11.8 Å². The highest BCUT2D eigenvalue weighted by Gasteiger charge is 2.66. The standard InChI is InChI=1S/C28H22Cl2N2O5/c1-27-22(33)14-28(37-27,11-12-36-21-10-7-15(29)13-18(21)30)24-23(27)25(34)32(26(24)35)20-9-8-19(31-2)16-5-3-4-6-17(16)20/h3-10,13,22,33-35H,11-12,14H2,1H3/t22-,27?,28?/m1/s1. The van der Waals surface area contributed by atoms with Gasteiger partial charge in [-0.2, -0.15) is 0 Å². The van der Waals surface area contributed by atoms with Crippen molar-refractivity contribution >= 4 is 39.7 Å². The number of nitrogens with zero attached hydrogens (tertiary/aromatic N) is 2. The van der Waals surface area contributed by atoms with Gasteiger partial charge in [0.1, 0.15) is 17.0 Å². The van der Waals surface area contributed by atoms with Gasteiger partial charge in [-0.15, -0.1) is 0 Å². The van der Waals surface area contributed by atoms with Crippen LogP contribution in [0.3, 0.4) is 0 Å². The van der Waals surface area contributed by atoms with Gasteiger partial charge >= 0.3 is 0 Å². The van der Waals surface area contributed by atoms with Gasteiger partial charge in [0.05, 0.1) is 41.1 Å². The van der Waals surface area contributed by atoms with Crippen LogP contribution in [0, 0.1) is 6.57 Å². The van der Waals surface area contributed by atoms with E-state index in [0.717, 1.165) is 0 Å². The minimum absolute atomic E-state index is 0.173. The van der Waals surface area contributed by atoms with E-state index in [2.05, 4.69) is 4.85 Å². The predicted octanol–water partition coefficient (Wildman–Crippen LogP) is 6.57. The van der Waals surface area contributed by atoms with Crippen molar-refractivity contribution in [2.24, 2.45) is 0 Å². The largest absolute Gasteiger partial charge is 0.494 e. The van der Waals surface area contributed by atoms with Crippen LogP contribution in [0.15, 0.2) is 54.6 Å². The van der Waals surface area contributed by atoms with Gasteiger partial charge in [0.15, 0.2) is 5.69 Å². The number of aliphatic hydroxyl groups excluding tert-OH is 1. The van der Waals surface area contributed by atoms with Crippen LogP contribution in [-0.2, 0) is 15.9 Å². The normalized spacial score (nSPS) is 23.8. The summed E-state index contributed by atoms with van der Waals surface area (Å²) in [6.45, 7) is 9.39. The first-order valence-electron chi connectivity index (χ1n) is 11.7. The molecule has 7 nitrogen and oxygen atoms in total. The summed E-state index contributed by atoms with van der Waals surface area (Å²) in [5.41, 5.74) is -0.524. The van der Waals surface area contributed by atoms with E-state index in [9.17, 15) is 15.3 Å². The molecule has 2 unspecified atom stereocenters. The smallest absolute Gasteiger partial charge is 0.205 e. The Kier molecular flexibility index (Phi) is 5.38. The van der Waals surface area contributed by atoms with Crippen molar-refractivity contribution in [1.82, 2.24) is 4.57 Å². The fourth-order valence-corrected chi connectivity index (χ4v) is 6.29. The molecule has 9 heteroatoms. The summed E-state index contributed by atoms with van der Waals surface area (Å²) in [5, 5.41) is 36.2. The third-order valence-electron chi connectivity index (χ3n) is 7.54. The fraction of sp³-hybridized carbons (Fsp3) is 0.250. The van der Waals surface area contributed by atoms with Crippen molar-refractivity contribution < 1.29 is 24.8 Å². The molecule has 2 aliphatic heterocycles. The summed E-state index contributed by atoms with van der Waals surface area (Å²) >= 11 is 12.2. The number of hydrogen-bond acceptors (Lipinski definition) is 5. The van der Waals surface area contributed by atoms with Gasteiger partial charge in [-0.3, -0.25) is 4.57 Å². The third kappa shape index (κ3) is 3.34. The van der Waals surface area contributed by atoms with Crippen molar-refractivity contribution in [1.29, 1.82) is 0 Å². The predicted molar refractivity (Wildman–Crippen MR) is 140 cm³/mol. The molecule has 0 spiro atoms. The molecule has 2 bridgehead atoms. The minimum atomic E-state index is -1.22. The quantitative estimate of drug-likeness (QED) is 0.251. The Morgan fingerprint density at radius 3 is 2.54 bits per heavy atom. The molecule has 3 N–H and O–H groups in total. The molecule has 0 saturated carbocycles. The zero-order valence-electron chi connectivity index (χ0n) is 19.7. The van der Waals surface area contributed by atoms with E-state index in [1.54, 1.807) is 37.3 Å². The molecule has 3 heterocycles. The van der Waals surface area contributed by atoms with Gasteiger partial charge < -0.3 is 24.8 Å². The average Bonchev–Trinajstić information content (AvgIpc) is 3.41. The zero-order chi connectivity index (χ0) is 26.1. The van der Waals surface area contributed by atoms with E-state index in [0.29, 0.717) is 55.5 Å². The summed E-state index contributed by atoms with van der Waals surface area (Å²) < 4.78 is 13.6. The molecule has 188 valence electrons. The van der Waals surface area contributed by atoms with Crippen molar-refractivity contribution in [3.63, 3.8) is 0 Å². The summed E-state index contributed by atoms with van der Waals surface area (Å²) in [5.74, 6) is 0.0735. The summed E-state index contributed by atoms with van der Waals surface area (Å²) in [7, 11) is 0. The molecule has 1 aromatic heterocycles. The second-order valence-corrected chi connectivity index (χ2v) is 10.4. The highest BCUT2D eigenvalue weighted by Crippen LogP contribution is 2.65. The van der Waals surface area contributed by atoms with E-state index in [4.69, 9.17) is 39.2 Å². The second-order valence-electron chi connectivity index (χ2n) is 9.59. The average molecular weight is 537 g/mol. The summed E-state index contributed by atoms with van der Waals surface area (Å²) in [6.07, 6.45) is -0.385. The zero-order valence-corrected chi connectivity index (χ0v) is 21.2. The first kappa shape index (κ1) is 24.0. The SMILES string of the molecule is [C-]#[N+]c1ccc(-n2c(O)c3c(c2O)C2(C)OC3(CCOc3ccc(Cl)cc3Cl)C[C@H]2O)c2ccccc12. The molecular weight excluding hydrogens is 515 g/mol. The van der Waals surface area contributed by atoms with Crippen LogP contribution in [0.5, 0.6) is 17.5 Å². The summed E-state index contributed by atoms with van der Waals surface area (Å²) in [6, 6.07) is 15.6. The van der Waals surface area contributed by atoms with E-state index in [1.165, 1.54) is 4.57 Å². The molecule has 37 heavy (non-hydrogen) atoms. The van der Waals surface area contributed by atoms with Crippen LogP contribution in [0.4, 0.5) is 5.69 Å². The number of hydrogen-bond donors (Lipinski definition) is 3. The van der Waals surface area contributed by atoms with E-state index in [-0.39, 0.29) is 24.8 Å². The van der Waals surface area contributed by atoms with Crippen LogP contribution in [0.1, 0.15) is 30.9 Å². The Bertz CT molecular complexity index is 1630. The molecule has 4 aromatic rings. The van der Waals surface area contributed by atoms with E-state index >= 15 is 0 Å². The van der Waals surface area contributed by atoms with E-state index in [1.807, 2.05) is 24.3 Å². The van der Waals surface area contributed by atoms with E-state index < -0.39 is 17.3 Å². The number of halogens is 2. The Labute approximate surface area is 222 Å². The maximum absolute atomic E-state index is 11.6. The van der Waals surface area contributed by atoms with Gasteiger partial charge in [0, 0.05) is 17.9 Å². The lowest BCUT2D eigenvalue weighted by molar-refractivity contribution is -0.107. The van der Waals surface area contributed by atoms with Crippen molar-refractivity contribution in [3.05, 3.63) is 87.2 Å². The molecule has 1 fully saturated rings. The lowest BCUT2D eigenvalue weighted by atomic mass is 9.76. The van der Waals surface area contributed by atoms with Gasteiger partial charge in [0.25, 0.3) is 0 Å². The fourth-order valence-electron chi connectivity index (χ4n) is 5.83. The number of aromatic hydroxyl groups is 2. The molecule has 1 saturated heterocycles. The minimum Gasteiger partial charge on any atom is -0.494 e. The number of ether oxygens (including phenoxy) is 2. The first-order chi connectivity index (χ1) is 17.7. The van der Waals surface area contributed by atoms with Crippen LogP contribution in [0.25, 0.3) is 21.3 Å². The number of rotatable bonds is 5. The van der Waals surface area contributed by atoms with Crippen LogP contribution >= 0.6 is 23.2 Å². The monoisotopic (exact) mass is 536 g/mol. The highest BCUT2D eigenvalue weighted by molar-refractivity contribution is 6.35. The molecule has 3 aromatic carbocycles. The topological polar surface area (TPSA) is 88.4 Å².